The predicted molar refractivity (Wildman–Crippen MR) is 100 cm³/mol. The second-order valence-corrected chi connectivity index (χ2v) is 8.96. The summed E-state index contributed by atoms with van der Waals surface area (Å²) in [6.45, 7) is -0.0176. The van der Waals surface area contributed by atoms with E-state index in [2.05, 4.69) is 67.8 Å². The number of hydrogen-bond donors (Lipinski definition) is 1. The van der Waals surface area contributed by atoms with Crippen LogP contribution in [0.4, 0.5) is 0 Å². The van der Waals surface area contributed by atoms with Crippen molar-refractivity contribution in [2.24, 2.45) is 0 Å². The third-order valence-corrected chi connectivity index (χ3v) is 6.80. The molecule has 0 radical (unpaired) electrons. The molecule has 0 unspecified atom stereocenters. The molecular weight excluding hydrogens is 625 g/mol. The van der Waals surface area contributed by atoms with E-state index < -0.39 is 21.8 Å². The van der Waals surface area contributed by atoms with Crippen LogP contribution in [0.15, 0.2) is 12.1 Å². The molecule has 1 aromatic rings. The molecule has 0 atom stereocenters. The van der Waals surface area contributed by atoms with Crippen molar-refractivity contribution < 1.29 is 22.5 Å². The first-order valence-corrected chi connectivity index (χ1v) is 10.3. The smallest absolute Gasteiger partial charge is 0.310 e. The number of esters is 1. The number of hydrogen-bond acceptors (Lipinski definition) is 4. The lowest BCUT2D eigenvalue weighted by Gasteiger charge is -2.08. The summed E-state index contributed by atoms with van der Waals surface area (Å²) in [6.07, 6.45) is 0.239. The molecule has 0 aliphatic heterocycles. The van der Waals surface area contributed by atoms with Gasteiger partial charge in [0, 0.05) is 10.7 Å². The molecule has 0 aromatic heterocycles. The van der Waals surface area contributed by atoms with Crippen molar-refractivity contribution in [2.45, 2.75) is 12.8 Å². The van der Waals surface area contributed by atoms with Gasteiger partial charge >= 0.3 is 5.97 Å². The van der Waals surface area contributed by atoms with Crippen LogP contribution in [-0.4, -0.2) is 31.3 Å². The lowest BCUT2D eigenvalue weighted by molar-refractivity contribution is -0.142. The number of carbonyl (C=O) groups excluding carboxylic acids is 1. The van der Waals surface area contributed by atoms with Crippen molar-refractivity contribution in [3.8, 4) is 0 Å². The maximum absolute atomic E-state index is 11.7. The van der Waals surface area contributed by atoms with Crippen LogP contribution in [0.5, 0.6) is 0 Å². The molecule has 0 heterocycles. The highest BCUT2D eigenvalue weighted by Crippen LogP contribution is 2.23. The fraction of sp³-hybridized carbons (Fsp3) is 0.364. The largest absolute Gasteiger partial charge is 0.465 e. The van der Waals surface area contributed by atoms with Gasteiger partial charge in [0.15, 0.2) is 0 Å². The normalized spacial score (nSPS) is 11.4. The molecule has 0 saturated heterocycles. The minimum atomic E-state index is -3.99. The third-order valence-electron chi connectivity index (χ3n) is 2.21. The van der Waals surface area contributed by atoms with E-state index in [9.17, 15) is 13.2 Å². The van der Waals surface area contributed by atoms with Crippen LogP contribution < -0.4 is 0 Å². The second kappa shape index (κ2) is 8.43. The maximum Gasteiger partial charge on any atom is 0.310 e. The summed E-state index contributed by atoms with van der Waals surface area (Å²) < 4.78 is 37.6. The molecule has 5 nitrogen and oxygen atoms in total. The van der Waals surface area contributed by atoms with Crippen molar-refractivity contribution in [1.29, 1.82) is 0 Å². The van der Waals surface area contributed by atoms with Crippen LogP contribution >= 0.6 is 67.8 Å². The van der Waals surface area contributed by atoms with Crippen LogP contribution in [-0.2, 0) is 26.1 Å². The van der Waals surface area contributed by atoms with E-state index in [1.807, 2.05) is 12.1 Å². The number of ether oxygens (including phenoxy) is 1. The summed E-state index contributed by atoms with van der Waals surface area (Å²) in [5, 5.41) is 0. The molecule has 0 fully saturated rings. The topological polar surface area (TPSA) is 80.7 Å². The van der Waals surface area contributed by atoms with E-state index >= 15 is 0 Å². The minimum Gasteiger partial charge on any atom is -0.465 e. The summed E-state index contributed by atoms with van der Waals surface area (Å²) in [7, 11) is -3.99. The maximum atomic E-state index is 11.7. The van der Waals surface area contributed by atoms with E-state index in [0.29, 0.717) is 0 Å². The standard InChI is InChI=1S/C11H11I3O5S/c12-8-4-7(11(14)9(13)6-8)5-10(15)19-2-1-3-20(16,17)18/h4,6H,1-3,5H2,(H,16,17,18). The zero-order valence-electron chi connectivity index (χ0n) is 10.1. The summed E-state index contributed by atoms with van der Waals surface area (Å²) in [5.74, 6) is -0.810. The van der Waals surface area contributed by atoms with Gasteiger partial charge in [-0.2, -0.15) is 8.42 Å². The minimum absolute atomic E-state index is 0.0176. The number of carbonyl (C=O) groups is 1. The molecule has 9 heteroatoms. The Bertz CT molecular complexity index is 600. The number of rotatable bonds is 6. The Morgan fingerprint density at radius 1 is 1.25 bits per heavy atom. The Balaban J connectivity index is 2.51. The molecule has 0 aliphatic carbocycles. The quantitative estimate of drug-likeness (QED) is 0.171. The highest BCUT2D eigenvalue weighted by atomic mass is 127. The van der Waals surface area contributed by atoms with Gasteiger partial charge in [0.25, 0.3) is 10.1 Å². The SMILES string of the molecule is O=C(Cc1cc(I)cc(I)c1I)OCCCS(=O)(=O)O. The molecule has 1 rings (SSSR count). The van der Waals surface area contributed by atoms with Gasteiger partial charge in [-0.25, -0.2) is 0 Å². The number of benzene rings is 1. The van der Waals surface area contributed by atoms with E-state index in [0.717, 1.165) is 16.3 Å². The van der Waals surface area contributed by atoms with Gasteiger partial charge in [0.05, 0.1) is 18.8 Å². The van der Waals surface area contributed by atoms with Gasteiger partial charge in [-0.1, -0.05) is 0 Å². The Morgan fingerprint density at radius 2 is 1.90 bits per heavy atom. The predicted octanol–water partition coefficient (Wildman–Crippen LogP) is 2.86. The van der Waals surface area contributed by atoms with Crippen molar-refractivity contribution in [1.82, 2.24) is 0 Å². The molecule has 20 heavy (non-hydrogen) atoms. The Labute approximate surface area is 158 Å². The van der Waals surface area contributed by atoms with Crippen LogP contribution in [0.2, 0.25) is 0 Å². The van der Waals surface area contributed by atoms with Crippen LogP contribution in [0.1, 0.15) is 12.0 Å². The van der Waals surface area contributed by atoms with Crippen LogP contribution in [0, 0.1) is 10.7 Å². The third kappa shape index (κ3) is 7.17. The fourth-order valence-corrected chi connectivity index (χ4v) is 4.32. The Morgan fingerprint density at radius 3 is 2.50 bits per heavy atom. The van der Waals surface area contributed by atoms with E-state index in [-0.39, 0.29) is 19.4 Å². The summed E-state index contributed by atoms with van der Waals surface area (Å²) in [6, 6.07) is 3.94. The van der Waals surface area contributed by atoms with Crippen LogP contribution in [0.25, 0.3) is 0 Å². The molecule has 0 bridgehead atoms. The second-order valence-electron chi connectivity index (χ2n) is 3.90. The van der Waals surface area contributed by atoms with E-state index in [1.54, 1.807) is 0 Å². The van der Waals surface area contributed by atoms with Gasteiger partial charge in [-0.15, -0.1) is 0 Å². The van der Waals surface area contributed by atoms with E-state index in [1.165, 1.54) is 0 Å². The van der Waals surface area contributed by atoms with Gasteiger partial charge in [-0.05, 0) is 91.9 Å². The first-order chi connectivity index (χ1) is 9.19. The molecule has 1 N–H and O–H groups in total. The molecule has 0 amide bonds. The van der Waals surface area contributed by atoms with Crippen molar-refractivity contribution in [3.63, 3.8) is 0 Å². The summed E-state index contributed by atoms with van der Waals surface area (Å²) >= 11 is 6.57. The zero-order valence-corrected chi connectivity index (χ0v) is 17.4. The first kappa shape index (κ1) is 18.8. The van der Waals surface area contributed by atoms with Gasteiger partial charge in [0.1, 0.15) is 0 Å². The lowest BCUT2D eigenvalue weighted by atomic mass is 10.1. The monoisotopic (exact) mass is 636 g/mol. The highest BCUT2D eigenvalue weighted by molar-refractivity contribution is 14.1. The Kier molecular flexibility index (Phi) is 7.94. The van der Waals surface area contributed by atoms with Gasteiger partial charge < -0.3 is 4.74 Å². The summed E-state index contributed by atoms with van der Waals surface area (Å²) in [4.78, 5) is 11.7. The van der Waals surface area contributed by atoms with Crippen molar-refractivity contribution in [2.75, 3.05) is 12.4 Å². The van der Waals surface area contributed by atoms with Gasteiger partial charge in [0.2, 0.25) is 0 Å². The fourth-order valence-electron chi connectivity index (χ4n) is 1.37. The molecule has 0 spiro atoms. The molecule has 112 valence electrons. The van der Waals surface area contributed by atoms with E-state index in [4.69, 9.17) is 9.29 Å². The average Bonchev–Trinajstić information content (AvgIpc) is 2.30. The average molecular weight is 636 g/mol. The van der Waals surface area contributed by atoms with Crippen molar-refractivity contribution in [3.05, 3.63) is 28.4 Å². The Hall–Kier alpha value is 0.790. The van der Waals surface area contributed by atoms with Crippen LogP contribution in [0.3, 0.4) is 0 Å². The highest BCUT2D eigenvalue weighted by Gasteiger charge is 2.12. The molecule has 1 aromatic carbocycles. The number of halogens is 3. The molecule has 0 saturated carbocycles. The van der Waals surface area contributed by atoms with Crippen molar-refractivity contribution >= 4 is 83.9 Å². The first-order valence-electron chi connectivity index (χ1n) is 5.43. The lowest BCUT2D eigenvalue weighted by Crippen LogP contribution is -2.13. The molecular formula is C11H11I3O5S. The van der Waals surface area contributed by atoms with Gasteiger partial charge in [-0.3, -0.25) is 9.35 Å². The molecule has 0 aliphatic rings. The summed E-state index contributed by atoms with van der Waals surface area (Å²) in [5.41, 5.74) is 0.890. The zero-order chi connectivity index (χ0) is 15.3.